The van der Waals surface area contributed by atoms with E-state index in [1.165, 1.54) is 36.3 Å². The molecule has 0 aliphatic rings. The minimum atomic E-state index is -1.17. The zero-order valence-corrected chi connectivity index (χ0v) is 21.3. The molecule has 13 heteroatoms. The molecule has 0 fully saturated rings. The number of esters is 1. The first-order chi connectivity index (χ1) is 18.9. The topological polar surface area (TPSA) is 157 Å². The van der Waals surface area contributed by atoms with Crippen molar-refractivity contribution in [2.75, 3.05) is 17.7 Å². The van der Waals surface area contributed by atoms with Crippen molar-refractivity contribution in [2.24, 2.45) is 0 Å². The zero-order valence-electron chi connectivity index (χ0n) is 20.5. The van der Waals surface area contributed by atoms with E-state index in [0.29, 0.717) is 10.7 Å². The Morgan fingerprint density at radius 3 is 2.38 bits per heavy atom. The van der Waals surface area contributed by atoms with Crippen LogP contribution >= 0.6 is 11.6 Å². The number of ether oxygens (including phenoxy) is 1. The van der Waals surface area contributed by atoms with E-state index in [2.05, 4.69) is 31.5 Å². The predicted octanol–water partition coefficient (Wildman–Crippen LogP) is 2.41. The molecule has 1 unspecified atom stereocenters. The number of halogens is 1. The highest BCUT2D eigenvalue weighted by Crippen LogP contribution is 2.24. The largest absolute Gasteiger partial charge is 0.465 e. The van der Waals surface area contributed by atoms with Gasteiger partial charge in [-0.25, -0.2) is 4.79 Å². The molecule has 0 spiro atoms. The fourth-order valence-corrected chi connectivity index (χ4v) is 3.81. The van der Waals surface area contributed by atoms with Crippen molar-refractivity contribution in [1.29, 1.82) is 0 Å². The molecule has 3 N–H and O–H groups in total. The Morgan fingerprint density at radius 1 is 0.923 bits per heavy atom. The van der Waals surface area contributed by atoms with Crippen molar-refractivity contribution in [3.63, 3.8) is 0 Å². The van der Waals surface area contributed by atoms with Crippen LogP contribution in [0.15, 0.2) is 79.1 Å². The lowest BCUT2D eigenvalue weighted by Gasteiger charge is -2.19. The van der Waals surface area contributed by atoms with Gasteiger partial charge in [-0.1, -0.05) is 54.1 Å². The highest BCUT2D eigenvalue weighted by Gasteiger charge is 2.26. The second kappa shape index (κ2) is 12.4. The Kier molecular flexibility index (Phi) is 8.59. The standard InChI is InChI=1S/C26H22ClN7O5/c1-39-26(38)18-9-5-6-10-19(18)29-23(35)21(13-16-7-3-2-4-8-16)31-25(37)24(36)30-20-14-17(27)11-12-22(20)34-15-28-32-33-34/h2-12,14-15,21H,13H2,1H3,(H,29,35)(H,30,36)(H,31,37). The molecule has 1 heterocycles. The monoisotopic (exact) mass is 547 g/mol. The number of carbonyl (C=O) groups excluding carboxylic acids is 4. The summed E-state index contributed by atoms with van der Waals surface area (Å²) in [7, 11) is 1.22. The SMILES string of the molecule is COC(=O)c1ccccc1NC(=O)C(Cc1ccccc1)NC(=O)C(=O)Nc1cc(Cl)ccc1-n1cnnn1. The average Bonchev–Trinajstić information content (AvgIpc) is 3.48. The van der Waals surface area contributed by atoms with Crippen LogP contribution in [0.3, 0.4) is 0 Å². The molecule has 1 aromatic heterocycles. The minimum Gasteiger partial charge on any atom is -0.465 e. The Hall–Kier alpha value is -5.10. The summed E-state index contributed by atoms with van der Waals surface area (Å²) in [6, 6.07) is 18.6. The number of aromatic nitrogens is 4. The van der Waals surface area contributed by atoms with E-state index >= 15 is 0 Å². The molecule has 0 bridgehead atoms. The predicted molar refractivity (Wildman–Crippen MR) is 141 cm³/mol. The molecule has 3 amide bonds. The van der Waals surface area contributed by atoms with Crippen LogP contribution in [-0.4, -0.2) is 57.0 Å². The molecule has 0 saturated heterocycles. The maximum Gasteiger partial charge on any atom is 0.339 e. The first-order valence-corrected chi connectivity index (χ1v) is 11.9. The van der Waals surface area contributed by atoms with Crippen LogP contribution in [0.4, 0.5) is 11.4 Å². The van der Waals surface area contributed by atoms with Gasteiger partial charge in [-0.15, -0.1) is 5.10 Å². The molecule has 0 radical (unpaired) electrons. The molecule has 0 aliphatic heterocycles. The molecule has 3 aromatic carbocycles. The number of nitrogens with zero attached hydrogens (tertiary/aromatic N) is 4. The van der Waals surface area contributed by atoms with E-state index in [9.17, 15) is 19.2 Å². The van der Waals surface area contributed by atoms with Crippen LogP contribution in [-0.2, 0) is 25.5 Å². The Balaban J connectivity index is 1.54. The van der Waals surface area contributed by atoms with Gasteiger partial charge in [-0.2, -0.15) is 4.68 Å². The summed E-state index contributed by atoms with van der Waals surface area (Å²) >= 11 is 6.08. The van der Waals surface area contributed by atoms with Gasteiger partial charge in [0.1, 0.15) is 12.4 Å². The lowest BCUT2D eigenvalue weighted by atomic mass is 10.0. The number of anilines is 2. The molecular weight excluding hydrogens is 526 g/mol. The van der Waals surface area contributed by atoms with Gasteiger partial charge in [0.15, 0.2) is 0 Å². The van der Waals surface area contributed by atoms with Gasteiger partial charge in [0.25, 0.3) is 0 Å². The van der Waals surface area contributed by atoms with Crippen molar-refractivity contribution < 1.29 is 23.9 Å². The molecule has 0 saturated carbocycles. The summed E-state index contributed by atoms with van der Waals surface area (Å²) in [6.45, 7) is 0. The number of nitrogens with one attached hydrogen (secondary N) is 3. The zero-order chi connectivity index (χ0) is 27.8. The van der Waals surface area contributed by atoms with E-state index in [-0.39, 0.29) is 23.4 Å². The molecule has 1 atom stereocenters. The van der Waals surface area contributed by atoms with Crippen molar-refractivity contribution in [3.05, 3.63) is 95.3 Å². The van der Waals surface area contributed by atoms with Gasteiger partial charge < -0.3 is 20.7 Å². The molecular formula is C26H22ClN7O5. The molecule has 4 rings (SSSR count). The number of methoxy groups -OCH3 is 1. The normalized spacial score (nSPS) is 11.2. The third kappa shape index (κ3) is 6.81. The summed E-state index contributed by atoms with van der Waals surface area (Å²) in [5, 5.41) is 18.8. The number of tetrazole rings is 1. The number of amides is 3. The maximum atomic E-state index is 13.3. The van der Waals surface area contributed by atoms with Gasteiger partial charge in [0.2, 0.25) is 5.91 Å². The Bertz CT molecular complexity index is 1500. The molecule has 12 nitrogen and oxygen atoms in total. The minimum absolute atomic E-state index is 0.0686. The van der Waals surface area contributed by atoms with Gasteiger partial charge in [-0.05, 0) is 46.3 Å². The smallest absolute Gasteiger partial charge is 0.339 e. The Labute approximate surface area is 227 Å². The van der Waals surface area contributed by atoms with Crippen LogP contribution in [0.5, 0.6) is 0 Å². The highest BCUT2D eigenvalue weighted by atomic mass is 35.5. The van der Waals surface area contributed by atoms with Crippen molar-refractivity contribution in [1.82, 2.24) is 25.5 Å². The second-order valence-electron chi connectivity index (χ2n) is 8.11. The van der Waals surface area contributed by atoms with E-state index in [1.807, 2.05) is 6.07 Å². The molecule has 0 aliphatic carbocycles. The van der Waals surface area contributed by atoms with Gasteiger partial charge in [0, 0.05) is 11.4 Å². The lowest BCUT2D eigenvalue weighted by molar-refractivity contribution is -0.137. The quantitative estimate of drug-likeness (QED) is 0.224. The second-order valence-corrected chi connectivity index (χ2v) is 8.55. The van der Waals surface area contributed by atoms with Crippen molar-refractivity contribution in [3.8, 4) is 5.69 Å². The van der Waals surface area contributed by atoms with Crippen molar-refractivity contribution >= 4 is 46.7 Å². The van der Waals surface area contributed by atoms with E-state index in [0.717, 1.165) is 5.56 Å². The van der Waals surface area contributed by atoms with Gasteiger partial charge in [-0.3, -0.25) is 14.4 Å². The average molecular weight is 548 g/mol. The fraction of sp³-hybridized carbons (Fsp3) is 0.115. The maximum absolute atomic E-state index is 13.3. The first-order valence-electron chi connectivity index (χ1n) is 11.5. The number of hydrogen-bond donors (Lipinski definition) is 3. The number of para-hydroxylation sites is 1. The number of carbonyl (C=O) groups is 4. The molecule has 198 valence electrons. The first kappa shape index (κ1) is 26.9. The molecule has 39 heavy (non-hydrogen) atoms. The summed E-state index contributed by atoms with van der Waals surface area (Å²) in [5.74, 6) is -3.41. The summed E-state index contributed by atoms with van der Waals surface area (Å²) in [6.07, 6.45) is 1.38. The summed E-state index contributed by atoms with van der Waals surface area (Å²) in [5.41, 5.74) is 1.59. The van der Waals surface area contributed by atoms with Crippen LogP contribution in [0.2, 0.25) is 5.02 Å². The van der Waals surface area contributed by atoms with Gasteiger partial charge in [0.05, 0.1) is 29.7 Å². The third-order valence-corrected chi connectivity index (χ3v) is 5.74. The molecule has 4 aromatic rings. The van der Waals surface area contributed by atoms with Gasteiger partial charge >= 0.3 is 17.8 Å². The van der Waals surface area contributed by atoms with Crippen LogP contribution in [0.25, 0.3) is 5.69 Å². The Morgan fingerprint density at radius 2 is 1.67 bits per heavy atom. The number of hydrogen-bond acceptors (Lipinski definition) is 8. The van der Waals surface area contributed by atoms with E-state index < -0.39 is 29.7 Å². The van der Waals surface area contributed by atoms with E-state index in [4.69, 9.17) is 16.3 Å². The lowest BCUT2D eigenvalue weighted by Crippen LogP contribution is -2.49. The third-order valence-electron chi connectivity index (χ3n) is 5.50. The van der Waals surface area contributed by atoms with Crippen LogP contribution < -0.4 is 16.0 Å². The van der Waals surface area contributed by atoms with Crippen molar-refractivity contribution in [2.45, 2.75) is 12.5 Å². The van der Waals surface area contributed by atoms with Crippen LogP contribution in [0, 0.1) is 0 Å². The van der Waals surface area contributed by atoms with E-state index in [1.54, 1.807) is 48.5 Å². The fourth-order valence-electron chi connectivity index (χ4n) is 3.64. The summed E-state index contributed by atoms with van der Waals surface area (Å²) in [4.78, 5) is 51.3. The highest BCUT2D eigenvalue weighted by molar-refractivity contribution is 6.40. The number of benzene rings is 3. The van der Waals surface area contributed by atoms with Crippen LogP contribution in [0.1, 0.15) is 15.9 Å². The summed E-state index contributed by atoms with van der Waals surface area (Å²) < 4.78 is 6.06. The number of rotatable bonds is 8.